The van der Waals surface area contributed by atoms with E-state index in [1.54, 1.807) is 24.3 Å². The minimum atomic E-state index is -4.42. The summed E-state index contributed by atoms with van der Waals surface area (Å²) in [7, 11) is -1.98. The Morgan fingerprint density at radius 3 is 2.43 bits per heavy atom. The molecule has 6 rings (SSSR count). The van der Waals surface area contributed by atoms with Crippen molar-refractivity contribution in [2.45, 2.75) is 74.6 Å². The van der Waals surface area contributed by atoms with Gasteiger partial charge in [0, 0.05) is 66.7 Å². The fourth-order valence-electron chi connectivity index (χ4n) is 7.37. The highest BCUT2D eigenvalue weighted by atomic mass is 32.2. The molecule has 1 aliphatic carbocycles. The molecule has 3 aromatic rings. The first-order chi connectivity index (χ1) is 22.3. The average molecular weight is 673 g/mol. The zero-order valence-electron chi connectivity index (χ0n) is 27.2. The Labute approximate surface area is 274 Å². The van der Waals surface area contributed by atoms with Crippen LogP contribution in [0.15, 0.2) is 47.4 Å². The van der Waals surface area contributed by atoms with Gasteiger partial charge < -0.3 is 24.7 Å². The lowest BCUT2D eigenvalue weighted by Crippen LogP contribution is -2.66. The molecule has 3 aliphatic rings. The first kappa shape index (κ1) is 33.5. The SMILES string of the molecule is COc1cc(S(C)(=O)=O)ccc1NCC#Cc1cc2c(NC3CCC(C)(N4CC5(CCOCC5)C4)CC3)cccc2n1CC(F)(F)F. The van der Waals surface area contributed by atoms with Crippen LogP contribution in [0.3, 0.4) is 0 Å². The Hall–Kier alpha value is -3.40. The van der Waals surface area contributed by atoms with Crippen LogP contribution in [-0.4, -0.2) is 81.9 Å². The summed E-state index contributed by atoms with van der Waals surface area (Å²) in [6.45, 7) is 5.39. The minimum Gasteiger partial charge on any atom is -0.495 e. The molecule has 2 aliphatic heterocycles. The van der Waals surface area contributed by atoms with Gasteiger partial charge in [-0.1, -0.05) is 12.0 Å². The first-order valence-corrected chi connectivity index (χ1v) is 18.1. The van der Waals surface area contributed by atoms with Gasteiger partial charge >= 0.3 is 6.18 Å². The zero-order valence-corrected chi connectivity index (χ0v) is 28.0. The van der Waals surface area contributed by atoms with E-state index < -0.39 is 22.6 Å². The summed E-state index contributed by atoms with van der Waals surface area (Å²) in [6, 6.07) is 11.9. The molecule has 2 aromatic carbocycles. The van der Waals surface area contributed by atoms with Crippen LogP contribution in [0.4, 0.5) is 24.5 Å². The van der Waals surface area contributed by atoms with Crippen LogP contribution in [0.5, 0.6) is 5.75 Å². The van der Waals surface area contributed by atoms with E-state index in [1.807, 2.05) is 6.07 Å². The first-order valence-electron chi connectivity index (χ1n) is 16.2. The largest absolute Gasteiger partial charge is 0.495 e. The summed E-state index contributed by atoms with van der Waals surface area (Å²) in [5.74, 6) is 6.19. The van der Waals surface area contributed by atoms with Crippen molar-refractivity contribution in [1.82, 2.24) is 9.47 Å². The van der Waals surface area contributed by atoms with E-state index >= 15 is 0 Å². The van der Waals surface area contributed by atoms with E-state index in [1.165, 1.54) is 23.8 Å². The van der Waals surface area contributed by atoms with Crippen LogP contribution in [-0.2, 0) is 21.1 Å². The van der Waals surface area contributed by atoms with Gasteiger partial charge in [-0.25, -0.2) is 8.42 Å². The van der Waals surface area contributed by atoms with Crippen LogP contribution in [0, 0.1) is 17.3 Å². The number of benzene rings is 2. The number of methoxy groups -OCH3 is 1. The summed E-state index contributed by atoms with van der Waals surface area (Å²) in [5, 5.41) is 7.45. The quantitative estimate of drug-likeness (QED) is 0.272. The molecule has 0 radical (unpaired) electrons. The van der Waals surface area contributed by atoms with Crippen molar-refractivity contribution in [2.24, 2.45) is 5.41 Å². The third-order valence-corrected chi connectivity index (χ3v) is 11.4. The highest BCUT2D eigenvalue weighted by Gasteiger charge is 2.50. The van der Waals surface area contributed by atoms with E-state index in [4.69, 9.17) is 9.47 Å². The second-order valence-electron chi connectivity index (χ2n) is 13.6. The fourth-order valence-corrected chi connectivity index (χ4v) is 8.01. The minimum absolute atomic E-state index is 0.111. The number of aromatic nitrogens is 1. The maximum Gasteiger partial charge on any atom is 0.406 e. The molecule has 0 atom stereocenters. The molecule has 0 amide bonds. The predicted molar refractivity (Wildman–Crippen MR) is 178 cm³/mol. The third-order valence-electron chi connectivity index (χ3n) is 10.3. The summed E-state index contributed by atoms with van der Waals surface area (Å²) in [5.41, 5.74) is 2.70. The van der Waals surface area contributed by atoms with Crippen LogP contribution in [0.1, 0.15) is 51.1 Å². The van der Waals surface area contributed by atoms with E-state index in [9.17, 15) is 21.6 Å². The molecule has 1 aromatic heterocycles. The van der Waals surface area contributed by atoms with Crippen LogP contribution < -0.4 is 15.4 Å². The van der Waals surface area contributed by atoms with Gasteiger partial charge in [0.25, 0.3) is 0 Å². The summed E-state index contributed by atoms with van der Waals surface area (Å²) >= 11 is 0. The van der Waals surface area contributed by atoms with Gasteiger partial charge in [-0.05, 0) is 81.7 Å². The van der Waals surface area contributed by atoms with Crippen molar-refractivity contribution in [2.75, 3.05) is 56.8 Å². The number of hydrogen-bond donors (Lipinski definition) is 2. The number of rotatable bonds is 8. The molecule has 8 nitrogen and oxygen atoms in total. The normalized spacial score (nSPS) is 23.1. The number of halogens is 3. The van der Waals surface area contributed by atoms with Gasteiger partial charge in [0.2, 0.25) is 0 Å². The van der Waals surface area contributed by atoms with Crippen molar-refractivity contribution >= 4 is 32.1 Å². The van der Waals surface area contributed by atoms with E-state index in [0.29, 0.717) is 27.8 Å². The second kappa shape index (κ2) is 12.9. The highest BCUT2D eigenvalue weighted by Crippen LogP contribution is 2.47. The van der Waals surface area contributed by atoms with Crippen LogP contribution >= 0.6 is 0 Å². The number of nitrogens with zero attached hydrogens (tertiary/aromatic N) is 2. The van der Waals surface area contributed by atoms with Crippen LogP contribution in [0.2, 0.25) is 0 Å². The maximum absolute atomic E-state index is 13.7. The Bertz CT molecular complexity index is 1770. The molecule has 12 heteroatoms. The van der Waals surface area contributed by atoms with Crippen molar-refractivity contribution in [3.63, 3.8) is 0 Å². The average Bonchev–Trinajstić information content (AvgIpc) is 3.35. The highest BCUT2D eigenvalue weighted by molar-refractivity contribution is 7.90. The number of anilines is 2. The van der Waals surface area contributed by atoms with Gasteiger partial charge in [-0.3, -0.25) is 4.90 Å². The van der Waals surface area contributed by atoms with Crippen molar-refractivity contribution in [3.05, 3.63) is 48.2 Å². The molecule has 47 heavy (non-hydrogen) atoms. The summed E-state index contributed by atoms with van der Waals surface area (Å²) < 4.78 is 77.1. The molecular weight excluding hydrogens is 629 g/mol. The molecule has 3 heterocycles. The molecule has 2 saturated heterocycles. The monoisotopic (exact) mass is 672 g/mol. The number of hydrogen-bond acceptors (Lipinski definition) is 7. The Balaban J connectivity index is 1.15. The number of nitrogens with one attached hydrogen (secondary N) is 2. The Morgan fingerprint density at radius 1 is 1.04 bits per heavy atom. The fraction of sp³-hybridized carbons (Fsp3) is 0.543. The smallest absolute Gasteiger partial charge is 0.406 e. The molecule has 0 bridgehead atoms. The van der Waals surface area contributed by atoms with Crippen LogP contribution in [0.25, 0.3) is 10.9 Å². The lowest BCUT2D eigenvalue weighted by molar-refractivity contribution is -0.140. The van der Waals surface area contributed by atoms with Gasteiger partial charge in [0.05, 0.1) is 35.4 Å². The molecule has 2 N–H and O–H groups in total. The molecule has 254 valence electrons. The summed E-state index contributed by atoms with van der Waals surface area (Å²) in [6.07, 6.45) is 3.14. The predicted octanol–water partition coefficient (Wildman–Crippen LogP) is 6.30. The van der Waals surface area contributed by atoms with Gasteiger partial charge in [0.1, 0.15) is 12.3 Å². The van der Waals surface area contributed by atoms with E-state index in [0.717, 1.165) is 76.8 Å². The molecule has 3 fully saturated rings. The standard InChI is InChI=1S/C35H43F3N4O4S/c1-33(41-22-34(23-41)15-18-46-19-16-34)13-11-25(12-14-33)40-29-7-4-8-31-28(29)20-26(42(31)24-35(36,37)38)6-5-17-39-30-10-9-27(47(3,43)44)21-32(30)45-2/h4,7-10,20-21,25,39-40H,11-19,22-24H2,1-3H3. The van der Waals surface area contributed by atoms with Crippen molar-refractivity contribution in [1.29, 1.82) is 0 Å². The summed E-state index contributed by atoms with van der Waals surface area (Å²) in [4.78, 5) is 2.78. The molecular formula is C35H43F3N4O4S. The molecule has 1 spiro atoms. The van der Waals surface area contributed by atoms with Crippen molar-refractivity contribution < 1.29 is 31.1 Å². The number of fused-ring (bicyclic) bond motifs is 1. The van der Waals surface area contributed by atoms with Gasteiger partial charge in [-0.15, -0.1) is 0 Å². The topological polar surface area (TPSA) is 84.8 Å². The molecule has 1 saturated carbocycles. The maximum atomic E-state index is 13.7. The number of ether oxygens (including phenoxy) is 2. The van der Waals surface area contributed by atoms with Gasteiger partial charge in [-0.2, -0.15) is 13.2 Å². The van der Waals surface area contributed by atoms with E-state index in [2.05, 4.69) is 34.3 Å². The van der Waals surface area contributed by atoms with Gasteiger partial charge in [0.15, 0.2) is 9.84 Å². The second-order valence-corrected chi connectivity index (χ2v) is 15.7. The number of likely N-dealkylation sites (tertiary alicyclic amines) is 1. The van der Waals surface area contributed by atoms with E-state index in [-0.39, 0.29) is 28.7 Å². The van der Waals surface area contributed by atoms with Crippen molar-refractivity contribution in [3.8, 4) is 17.6 Å². The zero-order chi connectivity index (χ0) is 33.5. The number of alkyl halides is 3. The Kier molecular flexibility index (Phi) is 9.19. The molecule has 0 unspecified atom stereocenters. The lowest BCUT2D eigenvalue weighted by atomic mass is 9.68. The Morgan fingerprint density at radius 2 is 1.77 bits per heavy atom. The lowest BCUT2D eigenvalue weighted by Gasteiger charge is -2.60. The number of sulfone groups is 1. The third kappa shape index (κ3) is 7.37.